The van der Waals surface area contributed by atoms with Gasteiger partial charge in [0.05, 0.1) is 17.8 Å². The van der Waals surface area contributed by atoms with Gasteiger partial charge in [0.25, 0.3) is 0 Å². The normalized spacial score (nSPS) is 15.2. The van der Waals surface area contributed by atoms with E-state index in [1.54, 1.807) is 6.92 Å². The zero-order valence-electron chi connectivity index (χ0n) is 32.0. The van der Waals surface area contributed by atoms with Gasteiger partial charge in [-0.15, -0.1) is 22.1 Å². The molecule has 0 saturated carbocycles. The standard InChI is InChI=1S/C42H54N6O4.Cu/c1-9-13-17-43-37(49)16-15-29-25(7)33-20-31-23(5)27(11-3)35(45-31)21-32-24(6)28(12-4)36(46-32)22-34-26(8)39(42(51)52)41(48-34)30(40(29)47-33)19-38(50)44-18-14-10-2;/h11,20-22,25,29H,3,9-10,12-19H2,1-2,4-8H3,(H5,43,44,45,46,47,48,49,50,51,52);/q;+2/p-2/t25-,29-;/m0./s1. The van der Waals surface area contributed by atoms with Gasteiger partial charge in [0.2, 0.25) is 11.8 Å². The Balaban J connectivity index is 0.00000627. The molecule has 0 fully saturated rings. The summed E-state index contributed by atoms with van der Waals surface area (Å²) in [6.07, 6.45) is 6.76. The summed E-state index contributed by atoms with van der Waals surface area (Å²) in [6, 6.07) is 5.82. The quantitative estimate of drug-likeness (QED) is 0.111. The van der Waals surface area contributed by atoms with E-state index in [2.05, 4.69) is 44.9 Å². The number of nitrogens with zero attached hydrogens (tertiary/aromatic N) is 4. The number of aromatic nitrogens is 4. The Morgan fingerprint density at radius 2 is 1.53 bits per heavy atom. The Kier molecular flexibility index (Phi) is 14.1. The largest absolute Gasteiger partial charge is 2.00 e. The second-order valence-corrected chi connectivity index (χ2v) is 14.0. The predicted molar refractivity (Wildman–Crippen MR) is 208 cm³/mol. The SMILES string of the molecule is C=Cc1c(C)c2cc3nc(c(CC(=O)NCCCC)c4[n-]c(cc5nc(cc1[n-]2)C(C)=C5CC)c(C)c4C(=O)O)[C@@H](CCC(=O)NCCCC)[C@@H]3C.[Cu+2]. The number of allylic oxidation sites excluding steroid dienone is 2. The van der Waals surface area contributed by atoms with Crippen molar-refractivity contribution in [3.63, 3.8) is 0 Å². The molecule has 2 amide bonds. The van der Waals surface area contributed by atoms with Crippen LogP contribution in [-0.4, -0.2) is 45.9 Å². The van der Waals surface area contributed by atoms with Gasteiger partial charge < -0.3 is 25.7 Å². The maximum atomic E-state index is 13.6. The number of unbranched alkanes of at least 4 members (excludes halogenated alkanes) is 2. The number of carbonyl (C=O) groups is 3. The zero-order chi connectivity index (χ0) is 37.7. The van der Waals surface area contributed by atoms with Gasteiger partial charge in [-0.1, -0.05) is 82.5 Å². The smallest absolute Gasteiger partial charge is 0.657 e. The van der Waals surface area contributed by atoms with E-state index in [0.29, 0.717) is 54.0 Å². The summed E-state index contributed by atoms with van der Waals surface area (Å²) < 4.78 is 0. The number of nitrogens with one attached hydrogen (secondary N) is 2. The monoisotopic (exact) mass is 767 g/mol. The fourth-order valence-electron chi connectivity index (χ4n) is 7.34. The molecular formula is C42H52CuN6O4. The molecule has 285 valence electrons. The fourth-order valence-corrected chi connectivity index (χ4v) is 7.34. The Morgan fingerprint density at radius 1 is 0.887 bits per heavy atom. The van der Waals surface area contributed by atoms with Crippen LogP contribution < -0.4 is 20.6 Å². The number of amides is 2. The van der Waals surface area contributed by atoms with Crippen molar-refractivity contribution in [1.29, 1.82) is 0 Å². The molecule has 3 N–H and O–H groups in total. The topological polar surface area (TPSA) is 149 Å². The van der Waals surface area contributed by atoms with E-state index in [1.165, 1.54) is 0 Å². The number of fused-ring (bicyclic) bond motifs is 8. The molecular weight excluding hydrogens is 716 g/mol. The molecule has 3 aromatic heterocycles. The number of aryl methyl sites for hydroxylation is 2. The van der Waals surface area contributed by atoms with Gasteiger partial charge in [-0.3, -0.25) is 14.6 Å². The van der Waals surface area contributed by atoms with Crippen molar-refractivity contribution >= 4 is 57.1 Å². The van der Waals surface area contributed by atoms with E-state index in [1.807, 2.05) is 38.1 Å². The van der Waals surface area contributed by atoms with Crippen LogP contribution in [0.25, 0.3) is 39.3 Å². The molecule has 0 aliphatic carbocycles. The summed E-state index contributed by atoms with van der Waals surface area (Å²) in [5.41, 5.74) is 9.95. The first-order chi connectivity index (χ1) is 24.9. The number of hydrogen-bond donors (Lipinski definition) is 3. The predicted octanol–water partition coefficient (Wildman–Crippen LogP) is 7.91. The van der Waals surface area contributed by atoms with Gasteiger partial charge in [-0.2, -0.15) is 0 Å². The number of aromatic carboxylic acids is 1. The first-order valence-corrected chi connectivity index (χ1v) is 18.7. The van der Waals surface area contributed by atoms with Crippen LogP contribution in [0, 0.1) is 13.8 Å². The van der Waals surface area contributed by atoms with Gasteiger partial charge >= 0.3 is 23.0 Å². The van der Waals surface area contributed by atoms with Crippen molar-refractivity contribution in [3.05, 3.63) is 75.4 Å². The summed E-state index contributed by atoms with van der Waals surface area (Å²) in [6.45, 7) is 19.3. The summed E-state index contributed by atoms with van der Waals surface area (Å²) in [7, 11) is 0. The average molecular weight is 768 g/mol. The van der Waals surface area contributed by atoms with Gasteiger partial charge in [-0.25, -0.2) is 9.78 Å². The molecule has 2 aliphatic rings. The van der Waals surface area contributed by atoms with Gasteiger partial charge in [0, 0.05) is 48.3 Å². The fraction of sp³-hybridized carbons (Fsp3) is 0.452. The third-order valence-corrected chi connectivity index (χ3v) is 10.5. The van der Waals surface area contributed by atoms with Crippen molar-refractivity contribution in [2.45, 2.75) is 112 Å². The molecule has 0 aromatic carbocycles. The zero-order valence-corrected chi connectivity index (χ0v) is 32.9. The third-order valence-electron chi connectivity index (χ3n) is 10.5. The third kappa shape index (κ3) is 8.68. The minimum Gasteiger partial charge on any atom is -0.657 e. The van der Waals surface area contributed by atoms with Gasteiger partial charge in [0.15, 0.2) is 0 Å². The summed E-state index contributed by atoms with van der Waals surface area (Å²) in [5, 5.41) is 16.7. The van der Waals surface area contributed by atoms with Crippen molar-refractivity contribution in [1.82, 2.24) is 30.6 Å². The second-order valence-electron chi connectivity index (χ2n) is 14.0. The summed E-state index contributed by atoms with van der Waals surface area (Å²) in [5.74, 6) is -1.86. The van der Waals surface area contributed by atoms with Crippen molar-refractivity contribution in [2.75, 3.05) is 13.1 Å². The van der Waals surface area contributed by atoms with Crippen LogP contribution in [0.1, 0.15) is 147 Å². The van der Waals surface area contributed by atoms with Crippen molar-refractivity contribution in [3.8, 4) is 0 Å². The Hall–Kier alpha value is -4.47. The van der Waals surface area contributed by atoms with E-state index in [4.69, 9.17) is 19.9 Å². The minimum absolute atomic E-state index is 0. The van der Waals surface area contributed by atoms with E-state index < -0.39 is 5.97 Å². The molecule has 0 spiro atoms. The van der Waals surface area contributed by atoms with Gasteiger partial charge in [0.1, 0.15) is 0 Å². The van der Waals surface area contributed by atoms with Crippen molar-refractivity contribution in [2.24, 2.45) is 0 Å². The molecule has 2 atom stereocenters. The number of rotatable bonds is 14. The second kappa shape index (κ2) is 18.0. The molecule has 2 aliphatic heterocycles. The maximum absolute atomic E-state index is 13.6. The molecule has 8 bridgehead atoms. The van der Waals surface area contributed by atoms with Crippen LogP contribution in [-0.2, 0) is 33.1 Å². The maximum Gasteiger partial charge on any atom is 2.00 e. The molecule has 0 unspecified atom stereocenters. The molecule has 5 rings (SSSR count). The number of carboxylic acid groups (broad SMARTS) is 1. The van der Waals surface area contributed by atoms with E-state index >= 15 is 0 Å². The molecule has 3 aromatic rings. The number of hydrogen-bond acceptors (Lipinski definition) is 5. The number of carboxylic acids is 1. The molecule has 5 heterocycles. The van der Waals surface area contributed by atoms with Crippen LogP contribution in [0.15, 0.2) is 24.8 Å². The molecule has 10 nitrogen and oxygen atoms in total. The molecule has 53 heavy (non-hydrogen) atoms. The van der Waals surface area contributed by atoms with Crippen LogP contribution in [0.4, 0.5) is 0 Å². The Bertz CT molecular complexity index is 2090. The molecule has 1 radical (unpaired) electrons. The van der Waals surface area contributed by atoms with Crippen LogP contribution in [0.2, 0.25) is 0 Å². The Morgan fingerprint density at radius 3 is 2.15 bits per heavy atom. The van der Waals surface area contributed by atoms with Gasteiger partial charge in [-0.05, 0) is 68.7 Å². The summed E-state index contributed by atoms with van der Waals surface area (Å²) >= 11 is 0. The van der Waals surface area contributed by atoms with E-state index in [0.717, 1.165) is 70.4 Å². The van der Waals surface area contributed by atoms with Crippen molar-refractivity contribution < 1.29 is 36.6 Å². The Labute approximate surface area is 323 Å². The first kappa shape index (κ1) is 41.3. The van der Waals surface area contributed by atoms with E-state index in [9.17, 15) is 19.5 Å². The summed E-state index contributed by atoms with van der Waals surface area (Å²) in [4.78, 5) is 60.0. The first-order valence-electron chi connectivity index (χ1n) is 18.7. The van der Waals surface area contributed by atoms with E-state index in [-0.39, 0.29) is 64.6 Å². The van der Waals surface area contributed by atoms with Crippen LogP contribution in [0.3, 0.4) is 0 Å². The number of carbonyl (C=O) groups excluding carboxylic acids is 2. The van der Waals surface area contributed by atoms with Crippen LogP contribution in [0.5, 0.6) is 0 Å². The minimum atomic E-state index is -1.13. The van der Waals surface area contributed by atoms with Crippen LogP contribution >= 0.6 is 0 Å². The molecule has 11 heteroatoms. The average Bonchev–Trinajstić information content (AvgIpc) is 3.79. The molecule has 0 saturated heterocycles.